The minimum atomic E-state index is -0.542. The molecule has 0 atom stereocenters. The fourth-order valence-electron chi connectivity index (χ4n) is 2.41. The molecule has 9 heteroatoms. The molecule has 1 aromatic carbocycles. The molecule has 0 aliphatic heterocycles. The first-order valence-corrected chi connectivity index (χ1v) is 9.74. The molecular formula is C19H20ClFN2O4S. The molecule has 1 heterocycles. The van der Waals surface area contributed by atoms with Crippen molar-refractivity contribution in [1.82, 2.24) is 5.32 Å². The smallest absolute Gasteiger partial charge is 0.341 e. The third kappa shape index (κ3) is 5.30. The van der Waals surface area contributed by atoms with E-state index in [0.717, 1.165) is 22.6 Å². The van der Waals surface area contributed by atoms with E-state index >= 15 is 0 Å². The quantitative estimate of drug-likeness (QED) is 0.653. The lowest BCUT2D eigenvalue weighted by Gasteiger charge is -2.09. The number of thiophene rings is 1. The molecule has 2 rings (SSSR count). The van der Waals surface area contributed by atoms with E-state index in [9.17, 15) is 18.8 Å². The molecule has 2 aromatic rings. The Morgan fingerprint density at radius 2 is 1.96 bits per heavy atom. The van der Waals surface area contributed by atoms with Gasteiger partial charge in [-0.2, -0.15) is 0 Å². The summed E-state index contributed by atoms with van der Waals surface area (Å²) in [6.45, 7) is 5.64. The largest absolute Gasteiger partial charge is 0.462 e. The van der Waals surface area contributed by atoms with Gasteiger partial charge in [-0.3, -0.25) is 9.59 Å². The molecule has 0 saturated carbocycles. The fourth-order valence-corrected chi connectivity index (χ4v) is 3.73. The van der Waals surface area contributed by atoms with Crippen LogP contribution in [-0.4, -0.2) is 30.9 Å². The first-order valence-electron chi connectivity index (χ1n) is 8.54. The second-order valence-electron chi connectivity index (χ2n) is 5.89. The molecule has 1 aromatic heterocycles. The molecule has 0 unspecified atom stereocenters. The van der Waals surface area contributed by atoms with Crippen molar-refractivity contribution in [3.05, 3.63) is 50.6 Å². The number of carbonyl (C=O) groups is 3. The zero-order valence-electron chi connectivity index (χ0n) is 15.7. The highest BCUT2D eigenvalue weighted by atomic mass is 35.5. The van der Waals surface area contributed by atoms with Crippen molar-refractivity contribution < 1.29 is 23.5 Å². The Morgan fingerprint density at radius 1 is 1.25 bits per heavy atom. The van der Waals surface area contributed by atoms with Crippen molar-refractivity contribution in [2.75, 3.05) is 18.5 Å². The lowest BCUT2D eigenvalue weighted by Crippen LogP contribution is -2.28. The van der Waals surface area contributed by atoms with Crippen molar-refractivity contribution >= 4 is 45.7 Å². The van der Waals surface area contributed by atoms with E-state index in [0.29, 0.717) is 10.6 Å². The molecular weight excluding hydrogens is 407 g/mol. The lowest BCUT2D eigenvalue weighted by atomic mass is 10.1. The number of rotatable bonds is 7. The summed E-state index contributed by atoms with van der Waals surface area (Å²) in [5.41, 5.74) is 1.23. The minimum Gasteiger partial charge on any atom is -0.462 e. The van der Waals surface area contributed by atoms with Gasteiger partial charge in [0.25, 0.3) is 5.91 Å². The van der Waals surface area contributed by atoms with Gasteiger partial charge in [0.15, 0.2) is 0 Å². The summed E-state index contributed by atoms with van der Waals surface area (Å²) in [7, 11) is 0. The molecule has 6 nitrogen and oxygen atoms in total. The van der Waals surface area contributed by atoms with Gasteiger partial charge in [-0.05, 0) is 44.5 Å². The van der Waals surface area contributed by atoms with Gasteiger partial charge < -0.3 is 15.4 Å². The molecule has 2 amide bonds. The van der Waals surface area contributed by atoms with Crippen LogP contribution in [0, 0.1) is 19.7 Å². The number of benzene rings is 1. The maximum atomic E-state index is 13.0. The summed E-state index contributed by atoms with van der Waals surface area (Å²) in [5.74, 6) is -1.90. The molecule has 0 radical (unpaired) electrons. The van der Waals surface area contributed by atoms with Gasteiger partial charge >= 0.3 is 5.97 Å². The number of hydrogen-bond acceptors (Lipinski definition) is 5. The number of esters is 1. The average Bonchev–Trinajstić information content (AvgIpc) is 2.88. The first-order chi connectivity index (χ1) is 13.2. The van der Waals surface area contributed by atoms with Gasteiger partial charge in [0.2, 0.25) is 5.91 Å². The molecule has 0 spiro atoms. The highest BCUT2D eigenvalue weighted by molar-refractivity contribution is 7.16. The fraction of sp³-hybridized carbons (Fsp3) is 0.316. The average molecular weight is 427 g/mol. The predicted molar refractivity (Wildman–Crippen MR) is 107 cm³/mol. The van der Waals surface area contributed by atoms with E-state index in [2.05, 4.69) is 10.6 Å². The monoisotopic (exact) mass is 426 g/mol. The van der Waals surface area contributed by atoms with Crippen molar-refractivity contribution in [2.24, 2.45) is 0 Å². The zero-order valence-corrected chi connectivity index (χ0v) is 17.2. The third-order valence-corrected chi connectivity index (χ3v) is 5.37. The van der Waals surface area contributed by atoms with Crippen molar-refractivity contribution in [1.29, 1.82) is 0 Å². The summed E-state index contributed by atoms with van der Waals surface area (Å²) in [6.07, 6.45) is -0.0111. The van der Waals surface area contributed by atoms with E-state index in [1.54, 1.807) is 13.8 Å². The van der Waals surface area contributed by atoms with Crippen LogP contribution in [0.2, 0.25) is 5.02 Å². The van der Waals surface area contributed by atoms with Crippen LogP contribution < -0.4 is 10.6 Å². The molecule has 2 N–H and O–H groups in total. The van der Waals surface area contributed by atoms with E-state index in [1.807, 2.05) is 6.92 Å². The summed E-state index contributed by atoms with van der Waals surface area (Å²) >= 11 is 7.13. The van der Waals surface area contributed by atoms with Crippen LogP contribution in [0.25, 0.3) is 0 Å². The van der Waals surface area contributed by atoms with E-state index in [-0.39, 0.29) is 36.1 Å². The second-order valence-corrected chi connectivity index (χ2v) is 7.52. The second kappa shape index (κ2) is 9.66. The molecule has 0 aliphatic carbocycles. The Hall–Kier alpha value is -2.45. The number of halogens is 2. The Kier molecular flexibility index (Phi) is 7.53. The molecule has 28 heavy (non-hydrogen) atoms. The van der Waals surface area contributed by atoms with Crippen molar-refractivity contribution in [2.45, 2.75) is 27.2 Å². The normalized spacial score (nSPS) is 10.5. The first kappa shape index (κ1) is 21.8. The molecule has 0 aliphatic rings. The Labute approximate surface area is 171 Å². The summed E-state index contributed by atoms with van der Waals surface area (Å²) in [4.78, 5) is 37.3. The van der Waals surface area contributed by atoms with Gasteiger partial charge in [-0.25, -0.2) is 9.18 Å². The number of anilines is 1. The number of nitrogens with one attached hydrogen (secondary N) is 2. The zero-order chi connectivity index (χ0) is 20.8. The van der Waals surface area contributed by atoms with Crippen LogP contribution in [-0.2, 0) is 9.53 Å². The Bertz CT molecular complexity index is 914. The van der Waals surface area contributed by atoms with Crippen LogP contribution in [0.4, 0.5) is 9.39 Å². The Morgan fingerprint density at radius 3 is 2.61 bits per heavy atom. The summed E-state index contributed by atoms with van der Waals surface area (Å²) in [5, 5.41) is 5.66. The number of amides is 2. The minimum absolute atomic E-state index is 0.00874. The molecule has 150 valence electrons. The number of carbonyl (C=O) groups excluding carboxylic acids is 3. The number of ether oxygens (including phenoxy) is 1. The van der Waals surface area contributed by atoms with Gasteiger partial charge in [0, 0.05) is 17.8 Å². The van der Waals surface area contributed by atoms with Crippen LogP contribution >= 0.6 is 22.9 Å². The molecule has 0 bridgehead atoms. The standard InChI is InChI=1S/C19H20ClFN2O4S/c1-4-27-19(26)16-10(2)11(3)28-18(16)23-15(24)7-8-22-17(25)13-6-5-12(21)9-14(13)20/h5-6,9H,4,7-8H2,1-3H3,(H,22,25)(H,23,24). The number of aryl methyl sites for hydroxylation is 1. The van der Waals surface area contributed by atoms with Gasteiger partial charge in [0.05, 0.1) is 22.8 Å². The topological polar surface area (TPSA) is 84.5 Å². The van der Waals surface area contributed by atoms with E-state index < -0.39 is 17.7 Å². The summed E-state index contributed by atoms with van der Waals surface area (Å²) < 4.78 is 18.1. The number of hydrogen-bond donors (Lipinski definition) is 2. The molecule has 0 fully saturated rings. The summed E-state index contributed by atoms with van der Waals surface area (Å²) in [6, 6.07) is 3.45. The van der Waals surface area contributed by atoms with E-state index in [1.165, 1.54) is 17.4 Å². The van der Waals surface area contributed by atoms with Gasteiger partial charge in [0.1, 0.15) is 10.8 Å². The Balaban J connectivity index is 1.95. The lowest BCUT2D eigenvalue weighted by molar-refractivity contribution is -0.116. The van der Waals surface area contributed by atoms with E-state index in [4.69, 9.17) is 16.3 Å². The van der Waals surface area contributed by atoms with Crippen LogP contribution in [0.1, 0.15) is 44.5 Å². The third-order valence-electron chi connectivity index (χ3n) is 3.93. The maximum absolute atomic E-state index is 13.0. The van der Waals surface area contributed by atoms with Gasteiger partial charge in [-0.15, -0.1) is 11.3 Å². The maximum Gasteiger partial charge on any atom is 0.341 e. The SMILES string of the molecule is CCOC(=O)c1c(NC(=O)CCNC(=O)c2ccc(F)cc2Cl)sc(C)c1C. The highest BCUT2D eigenvalue weighted by Crippen LogP contribution is 2.33. The van der Waals surface area contributed by atoms with Crippen molar-refractivity contribution in [3.63, 3.8) is 0 Å². The van der Waals surface area contributed by atoms with Crippen LogP contribution in [0.3, 0.4) is 0 Å². The van der Waals surface area contributed by atoms with Gasteiger partial charge in [-0.1, -0.05) is 11.6 Å². The predicted octanol–water partition coefficient (Wildman–Crippen LogP) is 4.09. The van der Waals surface area contributed by atoms with Crippen LogP contribution in [0.15, 0.2) is 18.2 Å². The van der Waals surface area contributed by atoms with Crippen molar-refractivity contribution in [3.8, 4) is 0 Å². The highest BCUT2D eigenvalue weighted by Gasteiger charge is 2.22. The molecule has 0 saturated heterocycles. The van der Waals surface area contributed by atoms with Crippen LogP contribution in [0.5, 0.6) is 0 Å².